The topological polar surface area (TPSA) is 352 Å². The Kier molecular flexibility index (Phi) is 16.1. The maximum Gasteiger partial charge on any atom is 0.369 e. The fraction of sp³-hybridized carbons (Fsp3) is 0.231. The van der Waals surface area contributed by atoms with Crippen molar-refractivity contribution in [2.75, 3.05) is 0 Å². The molecule has 4 aromatic carbocycles. The minimum atomic E-state index is -0.466. The summed E-state index contributed by atoms with van der Waals surface area (Å²) in [6, 6.07) is 23.5. The van der Waals surface area contributed by atoms with Crippen molar-refractivity contribution in [1.82, 2.24) is 99.7 Å². The molecule has 0 saturated heterocycles. The molecule has 0 N–H and O–H groups in total. The van der Waals surface area contributed by atoms with Crippen LogP contribution in [0.1, 0.15) is 50.8 Å². The summed E-state index contributed by atoms with van der Waals surface area (Å²) in [5.74, 6) is 4.33. The SMILES string of the molecule is [3H]c1ccc(OCc2occc2-n2nnn(C)c2=O)c(C)c1.[3H]c1ccc(OCc2ocnc2-n2nnn(C)c2=O)c(C)c1.[3H]c1ccc(OCc2oncc2-n2nnn(C)c2=O)c(C)c1.[3H]c1ccc(OCc2onnc2-n2nnn(C)c2=O)c(C)c1. The minimum absolute atomic E-state index is 0.0174. The molecule has 0 aliphatic heterocycles. The van der Waals surface area contributed by atoms with Crippen LogP contribution < -0.4 is 41.7 Å². The fourth-order valence-corrected chi connectivity index (χ4v) is 7.20. The summed E-state index contributed by atoms with van der Waals surface area (Å²) in [7, 11) is 5.99. The van der Waals surface area contributed by atoms with Crippen LogP contribution in [0.3, 0.4) is 0 Å². The maximum absolute atomic E-state index is 11.9. The number of furan rings is 1. The molecule has 432 valence electrons. The Morgan fingerprint density at radius 3 is 1.29 bits per heavy atom. The number of hydrogen-bond acceptors (Lipinski definition) is 24. The second kappa shape index (κ2) is 26.1. The molecule has 0 unspecified atom stereocenters. The van der Waals surface area contributed by atoms with Crippen molar-refractivity contribution in [3.8, 4) is 46.0 Å². The zero-order chi connectivity index (χ0) is 62.8. The third kappa shape index (κ3) is 13.2. The molecule has 0 bridgehead atoms. The van der Waals surface area contributed by atoms with Gasteiger partial charge in [0.25, 0.3) is 0 Å². The molecule has 0 amide bonds. The van der Waals surface area contributed by atoms with Crippen LogP contribution in [0.4, 0.5) is 0 Å². The first-order valence-electron chi connectivity index (χ1n) is 26.8. The monoisotopic (exact) mass is 1160 g/mol. The van der Waals surface area contributed by atoms with Gasteiger partial charge in [0.2, 0.25) is 17.4 Å². The number of aromatic nitrogens is 20. The van der Waals surface area contributed by atoms with Gasteiger partial charge in [-0.3, -0.25) is 0 Å². The lowest BCUT2D eigenvalue weighted by atomic mass is 10.2. The Labute approximate surface area is 478 Å². The van der Waals surface area contributed by atoms with Crippen LogP contribution in [0.5, 0.6) is 23.0 Å². The predicted octanol–water partition coefficient (Wildman–Crippen LogP) is 3.37. The van der Waals surface area contributed by atoms with Crippen LogP contribution in [-0.4, -0.2) is 99.7 Å². The smallest absolute Gasteiger partial charge is 0.369 e. The van der Waals surface area contributed by atoms with E-state index in [4.69, 9.17) is 42.3 Å². The van der Waals surface area contributed by atoms with Gasteiger partial charge in [0, 0.05) is 39.5 Å². The molecule has 32 heteroatoms. The first-order valence-corrected chi connectivity index (χ1v) is 24.8. The molecule has 0 fully saturated rings. The van der Waals surface area contributed by atoms with Crippen molar-refractivity contribution < 1.29 is 42.3 Å². The Hall–Kier alpha value is -11.6. The van der Waals surface area contributed by atoms with Gasteiger partial charge in [0.1, 0.15) is 47.6 Å². The van der Waals surface area contributed by atoms with Crippen molar-refractivity contribution in [3.63, 3.8) is 0 Å². The number of oxazole rings is 1. The first-order chi connectivity index (χ1) is 42.2. The highest BCUT2D eigenvalue weighted by Gasteiger charge is 2.21. The summed E-state index contributed by atoms with van der Waals surface area (Å²) in [6.07, 6.45) is 4.07. The van der Waals surface area contributed by atoms with E-state index in [0.717, 1.165) is 59.7 Å². The second-order valence-corrected chi connectivity index (χ2v) is 17.6. The van der Waals surface area contributed by atoms with Gasteiger partial charge in [-0.25, -0.2) is 19.2 Å². The van der Waals surface area contributed by atoms with Gasteiger partial charge in [-0.15, -0.1) is 9.36 Å². The number of ether oxygens (including phenoxy) is 4. The largest absolute Gasteiger partial charge is 0.485 e. The summed E-state index contributed by atoms with van der Waals surface area (Å²) in [6.45, 7) is 7.72. The zero-order valence-corrected chi connectivity index (χ0v) is 45.9. The molecule has 0 atom stereocenters. The standard InChI is InChI=1S/C14H14N4O3.2C13H13N5O3.C12H12N6O3/c1-10-5-3-4-6-12(10)21-9-13-11(7-8-20-13)18-14(19)17(2)15-16-18;1-9-5-3-4-6-11(9)20-8-12-10(7-14-21-12)18-13(19)17(2)15-16-18;1-9-5-3-4-6-10(9)20-7-11-12(14-8-21-11)18-13(19)17(2)15-16-18;1-8-5-3-4-6-9(8)20-7-10-11(13-16-21-10)18-12(19)17(2)14-15-18/h3-8H,9H2,1-2H3;3-7H,8H2,1-2H3;3-6,8H,7H2,1-2H3;3-6H,7H2,1-2H3/i4*3T. The van der Waals surface area contributed by atoms with Crippen LogP contribution in [0.25, 0.3) is 23.0 Å². The molecule has 84 heavy (non-hydrogen) atoms. The number of aryl methyl sites for hydroxylation is 8. The van der Waals surface area contributed by atoms with Gasteiger partial charge >= 0.3 is 22.8 Å². The Bertz CT molecular complexity index is 4040. The molecule has 12 rings (SSSR count). The van der Waals surface area contributed by atoms with Crippen LogP contribution in [0.15, 0.2) is 159 Å². The molecule has 8 aromatic heterocycles. The van der Waals surface area contributed by atoms with Crippen molar-refractivity contribution in [2.45, 2.75) is 54.1 Å². The van der Waals surface area contributed by atoms with Crippen LogP contribution in [0, 0.1) is 27.7 Å². The van der Waals surface area contributed by atoms with Crippen LogP contribution in [-0.2, 0) is 54.6 Å². The van der Waals surface area contributed by atoms with E-state index in [1.807, 2.05) is 27.7 Å². The van der Waals surface area contributed by atoms with Crippen LogP contribution >= 0.6 is 0 Å². The molecule has 12 aromatic rings. The van der Waals surface area contributed by atoms with Gasteiger partial charge < -0.3 is 36.8 Å². The molecule has 0 aliphatic rings. The van der Waals surface area contributed by atoms with Crippen molar-refractivity contribution in [1.29, 1.82) is 0 Å². The zero-order valence-electron chi connectivity index (χ0n) is 49.9. The summed E-state index contributed by atoms with van der Waals surface area (Å²) in [5.41, 5.74) is 2.57. The molecule has 0 radical (unpaired) electrons. The van der Waals surface area contributed by atoms with Gasteiger partial charge in [-0.05, 0) is 116 Å². The highest BCUT2D eigenvalue weighted by molar-refractivity contribution is 5.37. The average molecular weight is 1160 g/mol. The van der Waals surface area contributed by atoms with E-state index in [1.165, 1.54) is 47.0 Å². The lowest BCUT2D eigenvalue weighted by Crippen LogP contribution is -2.23. The normalized spacial score (nSPS) is 11.4. The summed E-state index contributed by atoms with van der Waals surface area (Å²) in [5, 5.41) is 40.3. The Morgan fingerprint density at radius 1 is 0.440 bits per heavy atom. The number of benzene rings is 4. The van der Waals surface area contributed by atoms with E-state index >= 15 is 0 Å². The van der Waals surface area contributed by atoms with Crippen molar-refractivity contribution in [3.05, 3.63) is 209 Å². The highest BCUT2D eigenvalue weighted by Crippen LogP contribution is 2.24. The van der Waals surface area contributed by atoms with E-state index in [0.29, 0.717) is 75.8 Å². The van der Waals surface area contributed by atoms with Crippen LogP contribution in [0.2, 0.25) is 0 Å². The number of para-hydroxylation sites is 4. The van der Waals surface area contributed by atoms with E-state index in [9.17, 15) is 19.2 Å². The summed E-state index contributed by atoms with van der Waals surface area (Å²) >= 11 is 0. The number of hydrogen-bond donors (Lipinski definition) is 0. The molecule has 0 spiro atoms. The molecular formula is C52H52N20O12. The van der Waals surface area contributed by atoms with Crippen molar-refractivity contribution >= 4 is 0 Å². The Morgan fingerprint density at radius 2 is 0.845 bits per heavy atom. The fourth-order valence-electron chi connectivity index (χ4n) is 7.20. The minimum Gasteiger partial charge on any atom is -0.485 e. The van der Waals surface area contributed by atoms with E-state index in [1.54, 1.807) is 78.9 Å². The molecule has 32 nitrogen and oxygen atoms in total. The highest BCUT2D eigenvalue weighted by atomic mass is 16.5. The van der Waals surface area contributed by atoms with Crippen molar-refractivity contribution in [2.24, 2.45) is 28.2 Å². The molecule has 0 saturated carbocycles. The van der Waals surface area contributed by atoms with Gasteiger partial charge in [-0.2, -0.15) is 33.1 Å². The van der Waals surface area contributed by atoms with E-state index in [2.05, 4.69) is 62.2 Å². The molecule has 0 aliphatic carbocycles. The quantitative estimate of drug-likeness (QED) is 0.134. The van der Waals surface area contributed by atoms with Gasteiger partial charge in [0.05, 0.1) is 17.9 Å². The Balaban J connectivity index is 0.000000140. The summed E-state index contributed by atoms with van der Waals surface area (Å²) in [4.78, 5) is 51.4. The van der Waals surface area contributed by atoms with Gasteiger partial charge in [0.15, 0.2) is 36.9 Å². The van der Waals surface area contributed by atoms with E-state index < -0.39 is 17.1 Å². The number of nitrogens with zero attached hydrogens (tertiary/aromatic N) is 20. The lowest BCUT2D eigenvalue weighted by molar-refractivity contribution is 0.244. The third-order valence-corrected chi connectivity index (χ3v) is 11.8. The predicted molar refractivity (Wildman–Crippen MR) is 289 cm³/mol. The van der Waals surface area contributed by atoms with E-state index in [-0.39, 0.29) is 49.5 Å². The number of rotatable bonds is 16. The third-order valence-electron chi connectivity index (χ3n) is 11.8. The van der Waals surface area contributed by atoms with Gasteiger partial charge in [-0.1, -0.05) is 83.0 Å². The average Bonchev–Trinajstić information content (AvgIpc) is 3.47. The first kappa shape index (κ1) is 51.8. The summed E-state index contributed by atoms with van der Waals surface area (Å²) < 4.78 is 82.2. The molecule has 8 heterocycles. The lowest BCUT2D eigenvalue weighted by Gasteiger charge is -2.08. The molecular weight excluding hydrogens is 1100 g/mol. The maximum atomic E-state index is 11.9. The second-order valence-electron chi connectivity index (χ2n) is 17.6. The number of tetrazole rings is 4.